The number of thioether (sulfide) groups is 1. The Bertz CT molecular complexity index is 353. The zero-order valence-corrected chi connectivity index (χ0v) is 12.6. The average Bonchev–Trinajstić information content (AvgIpc) is 3.21. The molecule has 3 rings (SSSR count). The van der Waals surface area contributed by atoms with Crippen LogP contribution in [0.1, 0.15) is 26.2 Å². The number of nitrogens with two attached hydrogens (primary N) is 1. The third kappa shape index (κ3) is 3.02. The van der Waals surface area contributed by atoms with Gasteiger partial charge in [-0.1, -0.05) is 6.92 Å². The summed E-state index contributed by atoms with van der Waals surface area (Å²) in [7, 11) is 0. The molecule has 2 aliphatic heterocycles. The third-order valence-corrected chi connectivity index (χ3v) is 5.59. The lowest BCUT2D eigenvalue weighted by molar-refractivity contribution is 0.0424. The van der Waals surface area contributed by atoms with E-state index in [1.165, 1.54) is 24.3 Å². The van der Waals surface area contributed by atoms with E-state index in [0.717, 1.165) is 44.5 Å². The molecule has 0 amide bonds. The van der Waals surface area contributed by atoms with Crippen molar-refractivity contribution in [2.45, 2.75) is 32.3 Å². The number of ether oxygens (including phenoxy) is 1. The van der Waals surface area contributed by atoms with Crippen LogP contribution >= 0.6 is 11.8 Å². The summed E-state index contributed by atoms with van der Waals surface area (Å²) in [5.41, 5.74) is 6.35. The van der Waals surface area contributed by atoms with Crippen molar-refractivity contribution in [3.8, 4) is 0 Å². The fourth-order valence-electron chi connectivity index (χ4n) is 3.19. The molecule has 1 aliphatic carbocycles. The molecule has 3 aliphatic rings. The number of guanidine groups is 1. The Hall–Kier alpha value is -0.420. The van der Waals surface area contributed by atoms with Gasteiger partial charge in [0.1, 0.15) is 0 Å². The van der Waals surface area contributed by atoms with Gasteiger partial charge in [-0.3, -0.25) is 4.99 Å². The van der Waals surface area contributed by atoms with Crippen LogP contribution in [0.5, 0.6) is 0 Å². The highest BCUT2D eigenvalue weighted by Crippen LogP contribution is 2.47. The first-order valence-electron chi connectivity index (χ1n) is 7.43. The van der Waals surface area contributed by atoms with Crippen molar-refractivity contribution in [2.75, 3.05) is 37.7 Å². The van der Waals surface area contributed by atoms with E-state index in [0.29, 0.717) is 6.10 Å². The van der Waals surface area contributed by atoms with Crippen LogP contribution in [0, 0.1) is 11.3 Å². The van der Waals surface area contributed by atoms with Gasteiger partial charge in [0.05, 0.1) is 12.6 Å². The first-order chi connectivity index (χ1) is 9.19. The van der Waals surface area contributed by atoms with Crippen LogP contribution in [0.2, 0.25) is 0 Å². The van der Waals surface area contributed by atoms with Crippen molar-refractivity contribution >= 4 is 17.7 Å². The van der Waals surface area contributed by atoms with Gasteiger partial charge in [0.25, 0.3) is 0 Å². The molecule has 4 nitrogen and oxygen atoms in total. The van der Waals surface area contributed by atoms with E-state index in [4.69, 9.17) is 15.5 Å². The van der Waals surface area contributed by atoms with Gasteiger partial charge in [0.2, 0.25) is 0 Å². The van der Waals surface area contributed by atoms with Gasteiger partial charge in [-0.05, 0) is 25.2 Å². The Morgan fingerprint density at radius 1 is 1.42 bits per heavy atom. The van der Waals surface area contributed by atoms with Crippen LogP contribution in [0.25, 0.3) is 0 Å². The molecule has 0 aromatic rings. The Morgan fingerprint density at radius 3 is 2.84 bits per heavy atom. The summed E-state index contributed by atoms with van der Waals surface area (Å²) in [5, 5.41) is 0. The van der Waals surface area contributed by atoms with Crippen molar-refractivity contribution in [2.24, 2.45) is 22.1 Å². The molecule has 1 saturated carbocycles. The van der Waals surface area contributed by atoms with Gasteiger partial charge >= 0.3 is 0 Å². The minimum atomic E-state index is 0.205. The summed E-state index contributed by atoms with van der Waals surface area (Å²) in [4.78, 5) is 6.92. The van der Waals surface area contributed by atoms with Gasteiger partial charge < -0.3 is 15.4 Å². The van der Waals surface area contributed by atoms with Gasteiger partial charge in [-0.25, -0.2) is 0 Å². The molecule has 2 atom stereocenters. The minimum absolute atomic E-state index is 0.205. The van der Waals surface area contributed by atoms with Gasteiger partial charge in [-0.2, -0.15) is 11.8 Å². The van der Waals surface area contributed by atoms with E-state index >= 15 is 0 Å². The second-order valence-electron chi connectivity index (χ2n) is 6.31. The molecule has 0 radical (unpaired) electrons. The van der Waals surface area contributed by atoms with Crippen molar-refractivity contribution in [1.82, 2.24) is 4.90 Å². The maximum atomic E-state index is 6.15. The summed E-state index contributed by atoms with van der Waals surface area (Å²) in [6.07, 6.45) is 4.22. The predicted octanol–water partition coefficient (Wildman–Crippen LogP) is 1.56. The lowest BCUT2D eigenvalue weighted by Gasteiger charge is -2.31. The molecule has 0 aromatic carbocycles. The van der Waals surface area contributed by atoms with Crippen molar-refractivity contribution < 1.29 is 4.74 Å². The summed E-state index contributed by atoms with van der Waals surface area (Å²) in [5.74, 6) is 3.86. The first-order valence-corrected chi connectivity index (χ1v) is 8.59. The van der Waals surface area contributed by atoms with Crippen molar-refractivity contribution in [3.63, 3.8) is 0 Å². The molecular formula is C14H25N3OS. The molecule has 2 heterocycles. The highest BCUT2D eigenvalue weighted by atomic mass is 32.2. The smallest absolute Gasteiger partial charge is 0.191 e. The van der Waals surface area contributed by atoms with E-state index in [1.54, 1.807) is 0 Å². The summed E-state index contributed by atoms with van der Waals surface area (Å²) in [6, 6.07) is 0. The number of rotatable bonds is 3. The van der Waals surface area contributed by atoms with E-state index in [2.05, 4.69) is 11.8 Å². The predicted molar refractivity (Wildman–Crippen MR) is 80.6 cm³/mol. The maximum Gasteiger partial charge on any atom is 0.191 e. The maximum absolute atomic E-state index is 6.15. The molecule has 0 aromatic heterocycles. The van der Waals surface area contributed by atoms with Crippen molar-refractivity contribution in [1.29, 1.82) is 0 Å². The molecule has 2 unspecified atom stereocenters. The van der Waals surface area contributed by atoms with Crippen LogP contribution in [0.3, 0.4) is 0 Å². The van der Waals surface area contributed by atoms with E-state index in [-0.39, 0.29) is 5.41 Å². The van der Waals surface area contributed by atoms with E-state index in [1.807, 2.05) is 11.8 Å². The topological polar surface area (TPSA) is 50.8 Å². The van der Waals surface area contributed by atoms with Crippen LogP contribution in [0.15, 0.2) is 4.99 Å². The average molecular weight is 283 g/mol. The zero-order chi connectivity index (χ0) is 13.3. The highest BCUT2D eigenvalue weighted by molar-refractivity contribution is 7.99. The standard InChI is InChI=1S/C14H25N3OS/c1-14(4-7-18-12(14)11-2-3-11)10-16-13(15)17-5-8-19-9-6-17/h11-12H,2-10H2,1H3,(H2,15,16). The Kier molecular flexibility index (Phi) is 3.94. The second-order valence-corrected chi connectivity index (χ2v) is 7.53. The lowest BCUT2D eigenvalue weighted by Crippen LogP contribution is -2.43. The van der Waals surface area contributed by atoms with E-state index < -0.39 is 0 Å². The molecule has 2 N–H and O–H groups in total. The molecule has 3 fully saturated rings. The van der Waals surface area contributed by atoms with Gasteiger partial charge in [0.15, 0.2) is 5.96 Å². The zero-order valence-electron chi connectivity index (χ0n) is 11.8. The Balaban J connectivity index is 1.60. The van der Waals surface area contributed by atoms with Crippen LogP contribution in [0.4, 0.5) is 0 Å². The van der Waals surface area contributed by atoms with E-state index in [9.17, 15) is 0 Å². The second kappa shape index (κ2) is 5.52. The van der Waals surface area contributed by atoms with Crippen LogP contribution in [-0.2, 0) is 4.74 Å². The number of aliphatic imine (C=N–C) groups is 1. The lowest BCUT2D eigenvalue weighted by atomic mass is 9.81. The van der Waals surface area contributed by atoms with Crippen LogP contribution < -0.4 is 5.73 Å². The summed E-state index contributed by atoms with van der Waals surface area (Å²) in [6.45, 7) is 6.13. The molecular weight excluding hydrogens is 258 g/mol. The number of nitrogens with zero attached hydrogens (tertiary/aromatic N) is 2. The minimum Gasteiger partial charge on any atom is -0.377 e. The van der Waals surface area contributed by atoms with Gasteiger partial charge in [0, 0.05) is 36.6 Å². The molecule has 108 valence electrons. The first kappa shape index (κ1) is 13.6. The van der Waals surface area contributed by atoms with Crippen LogP contribution in [-0.4, -0.2) is 54.7 Å². The normalized spacial score (nSPS) is 36.8. The molecule has 2 saturated heterocycles. The SMILES string of the molecule is CC1(CN=C(N)N2CCSCC2)CCOC1C1CC1. The Labute approximate surface area is 120 Å². The molecule has 19 heavy (non-hydrogen) atoms. The monoisotopic (exact) mass is 283 g/mol. The van der Waals surface area contributed by atoms with Crippen molar-refractivity contribution in [3.05, 3.63) is 0 Å². The molecule has 0 bridgehead atoms. The summed E-state index contributed by atoms with van der Waals surface area (Å²) >= 11 is 2.00. The highest BCUT2D eigenvalue weighted by Gasteiger charge is 2.48. The fourth-order valence-corrected chi connectivity index (χ4v) is 4.09. The largest absolute Gasteiger partial charge is 0.377 e. The molecule has 0 spiro atoms. The quantitative estimate of drug-likeness (QED) is 0.631. The number of hydrogen-bond donors (Lipinski definition) is 1. The summed E-state index contributed by atoms with van der Waals surface area (Å²) < 4.78 is 5.94. The fraction of sp³-hybridized carbons (Fsp3) is 0.929. The molecule has 5 heteroatoms. The third-order valence-electron chi connectivity index (χ3n) is 4.64. The number of hydrogen-bond acceptors (Lipinski definition) is 3. The Morgan fingerprint density at radius 2 is 2.16 bits per heavy atom. The van der Waals surface area contributed by atoms with Gasteiger partial charge in [-0.15, -0.1) is 0 Å².